The Labute approximate surface area is 271 Å². The summed E-state index contributed by atoms with van der Waals surface area (Å²) < 4.78 is 11.5. The number of benzene rings is 4. The van der Waals surface area contributed by atoms with Crippen LogP contribution in [0.4, 0.5) is 10.5 Å². The molecule has 5 rings (SSSR count). The summed E-state index contributed by atoms with van der Waals surface area (Å²) in [6.45, 7) is 0.327. The largest absolute Gasteiger partial charge is 0.489 e. The number of anilines is 1. The number of hydrogen-bond donors (Lipinski definition) is 1. The lowest BCUT2D eigenvalue weighted by Gasteiger charge is -2.26. The van der Waals surface area contributed by atoms with Crippen LogP contribution in [-0.2, 0) is 22.8 Å². The SMILES string of the molecule is O=C1NC(=O)N(c2ccc(OCc3ccc(Cl)cc3Cl)cc2)C(=O)/C1=C/c1ccc(OCc2ccc(Cl)cc2Cl)c(Cl)c1. The van der Waals surface area contributed by atoms with Crippen molar-refractivity contribution in [1.29, 1.82) is 0 Å². The molecule has 1 N–H and O–H groups in total. The van der Waals surface area contributed by atoms with E-state index < -0.39 is 17.8 Å². The van der Waals surface area contributed by atoms with Crippen molar-refractivity contribution >= 4 is 87.6 Å². The Morgan fingerprint density at radius 1 is 0.674 bits per heavy atom. The number of imide groups is 2. The van der Waals surface area contributed by atoms with Crippen LogP contribution in [0.3, 0.4) is 0 Å². The van der Waals surface area contributed by atoms with Crippen LogP contribution in [0.1, 0.15) is 16.7 Å². The molecule has 0 saturated carbocycles. The number of amides is 4. The third kappa shape index (κ3) is 7.26. The molecule has 4 aromatic carbocycles. The first-order valence-corrected chi connectivity index (χ1v) is 14.4. The van der Waals surface area contributed by atoms with Crippen molar-refractivity contribution in [3.05, 3.63) is 126 Å². The van der Waals surface area contributed by atoms with E-state index in [1.54, 1.807) is 60.7 Å². The highest BCUT2D eigenvalue weighted by Crippen LogP contribution is 2.30. The minimum absolute atomic E-state index is 0.146. The zero-order valence-corrected chi connectivity index (χ0v) is 25.7. The first-order valence-electron chi connectivity index (χ1n) is 12.5. The molecule has 0 aliphatic carbocycles. The number of ether oxygens (including phenoxy) is 2. The molecule has 0 aromatic heterocycles. The van der Waals surface area contributed by atoms with E-state index in [0.717, 1.165) is 10.5 Å². The Kier molecular flexibility index (Phi) is 9.49. The van der Waals surface area contributed by atoms with Gasteiger partial charge in [-0.15, -0.1) is 0 Å². The first kappa shape index (κ1) is 30.7. The fraction of sp³-hybridized carbons (Fsp3) is 0.0645. The smallest absolute Gasteiger partial charge is 0.335 e. The summed E-state index contributed by atoms with van der Waals surface area (Å²) in [7, 11) is 0. The van der Waals surface area contributed by atoms with Gasteiger partial charge in [-0.05, 0) is 72.3 Å². The molecule has 0 radical (unpaired) electrons. The summed E-state index contributed by atoms with van der Waals surface area (Å²) in [6.07, 6.45) is 1.34. The van der Waals surface area contributed by atoms with Crippen LogP contribution in [-0.4, -0.2) is 17.8 Å². The second-order valence-corrected chi connectivity index (χ2v) is 11.3. The third-order valence-corrected chi connectivity index (χ3v) is 7.74. The molecule has 0 bridgehead atoms. The quantitative estimate of drug-likeness (QED) is 0.149. The highest BCUT2D eigenvalue weighted by Gasteiger charge is 2.36. The van der Waals surface area contributed by atoms with E-state index in [4.69, 9.17) is 67.5 Å². The molecule has 7 nitrogen and oxygen atoms in total. The lowest BCUT2D eigenvalue weighted by atomic mass is 10.1. The standard InChI is InChI=1S/C31H19Cl5N2O5/c32-20-4-2-18(25(34)13-20)15-42-23-8-6-22(7-9-23)38-30(40)24(29(39)37-31(38)41)11-17-1-10-28(27(36)12-17)43-16-19-3-5-21(33)14-26(19)35/h1-14H,15-16H2,(H,37,39,41)/b24-11+. The molecule has 12 heteroatoms. The molecule has 1 saturated heterocycles. The molecule has 4 aromatic rings. The fourth-order valence-corrected chi connectivity index (χ4v) is 5.24. The van der Waals surface area contributed by atoms with E-state index in [1.807, 2.05) is 0 Å². The van der Waals surface area contributed by atoms with E-state index >= 15 is 0 Å². The van der Waals surface area contributed by atoms with Crippen LogP contribution >= 0.6 is 58.0 Å². The van der Waals surface area contributed by atoms with Gasteiger partial charge in [0.25, 0.3) is 11.8 Å². The van der Waals surface area contributed by atoms with Gasteiger partial charge in [0.05, 0.1) is 10.7 Å². The van der Waals surface area contributed by atoms with Crippen LogP contribution < -0.4 is 19.7 Å². The van der Waals surface area contributed by atoms with Gasteiger partial charge in [0, 0.05) is 31.2 Å². The maximum atomic E-state index is 13.3. The predicted octanol–water partition coefficient (Wildman–Crippen LogP) is 8.78. The van der Waals surface area contributed by atoms with Crippen LogP contribution in [0, 0.1) is 0 Å². The topological polar surface area (TPSA) is 84.9 Å². The third-order valence-electron chi connectivity index (χ3n) is 6.27. The maximum absolute atomic E-state index is 13.3. The number of rotatable bonds is 8. The molecule has 4 amide bonds. The minimum Gasteiger partial charge on any atom is -0.489 e. The lowest BCUT2D eigenvalue weighted by Crippen LogP contribution is -2.54. The molecule has 218 valence electrons. The Morgan fingerprint density at radius 2 is 1.28 bits per heavy atom. The van der Waals surface area contributed by atoms with Gasteiger partial charge in [-0.3, -0.25) is 14.9 Å². The number of carbonyl (C=O) groups is 3. The molecule has 0 spiro atoms. The van der Waals surface area contributed by atoms with Gasteiger partial charge in [0.15, 0.2) is 0 Å². The molecule has 1 fully saturated rings. The van der Waals surface area contributed by atoms with Crippen molar-refractivity contribution < 1.29 is 23.9 Å². The second-order valence-electron chi connectivity index (χ2n) is 9.19. The number of nitrogens with one attached hydrogen (secondary N) is 1. The van der Waals surface area contributed by atoms with Crippen LogP contribution in [0.25, 0.3) is 6.08 Å². The van der Waals surface area contributed by atoms with Gasteiger partial charge in [0.1, 0.15) is 30.3 Å². The summed E-state index contributed by atoms with van der Waals surface area (Å²) in [6, 6.07) is 20.3. The van der Waals surface area contributed by atoms with Gasteiger partial charge in [-0.1, -0.05) is 76.2 Å². The number of carbonyl (C=O) groups excluding carboxylic acids is 3. The summed E-state index contributed by atoms with van der Waals surface area (Å²) in [4.78, 5) is 39.4. The minimum atomic E-state index is -0.878. The molecule has 0 atom stereocenters. The zero-order valence-electron chi connectivity index (χ0n) is 21.9. The van der Waals surface area contributed by atoms with Gasteiger partial charge < -0.3 is 9.47 Å². The van der Waals surface area contributed by atoms with Gasteiger partial charge in [-0.25, -0.2) is 9.69 Å². The highest BCUT2D eigenvalue weighted by molar-refractivity contribution is 6.39. The molecular weight excluding hydrogens is 658 g/mol. The lowest BCUT2D eigenvalue weighted by molar-refractivity contribution is -0.122. The van der Waals surface area contributed by atoms with Gasteiger partial charge in [0.2, 0.25) is 0 Å². The molecule has 1 aliphatic heterocycles. The average molecular weight is 677 g/mol. The predicted molar refractivity (Wildman–Crippen MR) is 168 cm³/mol. The van der Waals surface area contributed by atoms with Crippen LogP contribution in [0.15, 0.2) is 84.4 Å². The second kappa shape index (κ2) is 13.3. The average Bonchev–Trinajstić information content (AvgIpc) is 2.96. The van der Waals surface area contributed by atoms with E-state index in [0.29, 0.717) is 42.7 Å². The van der Waals surface area contributed by atoms with Crippen LogP contribution in [0.2, 0.25) is 25.1 Å². The van der Waals surface area contributed by atoms with Crippen molar-refractivity contribution in [2.24, 2.45) is 0 Å². The summed E-state index contributed by atoms with van der Waals surface area (Å²) in [5.41, 5.74) is 1.88. The summed E-state index contributed by atoms with van der Waals surface area (Å²) in [5, 5.41) is 4.38. The number of hydrogen-bond acceptors (Lipinski definition) is 5. The van der Waals surface area contributed by atoms with E-state index in [1.165, 1.54) is 24.3 Å². The van der Waals surface area contributed by atoms with Crippen molar-refractivity contribution in [3.8, 4) is 11.5 Å². The van der Waals surface area contributed by atoms with Crippen molar-refractivity contribution in [2.45, 2.75) is 13.2 Å². The fourth-order valence-electron chi connectivity index (χ4n) is 4.07. The van der Waals surface area contributed by atoms with Crippen molar-refractivity contribution in [3.63, 3.8) is 0 Å². The van der Waals surface area contributed by atoms with Crippen LogP contribution in [0.5, 0.6) is 11.5 Å². The molecule has 1 aliphatic rings. The Bertz CT molecular complexity index is 1780. The van der Waals surface area contributed by atoms with E-state index in [2.05, 4.69) is 5.32 Å². The van der Waals surface area contributed by atoms with Crippen molar-refractivity contribution in [2.75, 3.05) is 4.90 Å². The Hall–Kier alpha value is -3.72. The summed E-state index contributed by atoms with van der Waals surface area (Å²) in [5.74, 6) is -0.794. The van der Waals surface area contributed by atoms with Gasteiger partial charge >= 0.3 is 6.03 Å². The van der Waals surface area contributed by atoms with E-state index in [-0.39, 0.29) is 29.5 Å². The Morgan fingerprint density at radius 3 is 1.86 bits per heavy atom. The monoisotopic (exact) mass is 674 g/mol. The molecular formula is C31H19Cl5N2O5. The molecule has 0 unspecified atom stereocenters. The number of barbiturate groups is 1. The van der Waals surface area contributed by atoms with E-state index in [9.17, 15) is 14.4 Å². The van der Waals surface area contributed by atoms with Gasteiger partial charge in [-0.2, -0.15) is 0 Å². The number of urea groups is 1. The summed E-state index contributed by atoms with van der Waals surface area (Å²) >= 11 is 30.7. The normalized spacial score (nSPS) is 14.2. The first-order chi connectivity index (χ1) is 20.6. The van der Waals surface area contributed by atoms with Crippen molar-refractivity contribution in [1.82, 2.24) is 5.32 Å². The number of halogens is 5. The zero-order chi connectivity index (χ0) is 30.7. The highest BCUT2D eigenvalue weighted by atomic mass is 35.5. The molecule has 1 heterocycles. The number of nitrogens with zero attached hydrogens (tertiary/aromatic N) is 1. The Balaban J connectivity index is 1.29. The maximum Gasteiger partial charge on any atom is 0.335 e. The molecule has 43 heavy (non-hydrogen) atoms.